The first-order valence-electron chi connectivity index (χ1n) is 6.98. The number of anilines is 1. The van der Waals surface area contributed by atoms with Gasteiger partial charge in [-0.05, 0) is 37.3 Å². The Morgan fingerprint density at radius 2 is 1.86 bits per heavy atom. The van der Waals surface area contributed by atoms with Gasteiger partial charge in [0.2, 0.25) is 0 Å². The minimum atomic E-state index is -0.0986. The summed E-state index contributed by atoms with van der Waals surface area (Å²) in [4.78, 5) is 12.2. The van der Waals surface area contributed by atoms with E-state index in [1.54, 1.807) is 20.3 Å². The summed E-state index contributed by atoms with van der Waals surface area (Å²) < 4.78 is 10.6. The monoisotopic (exact) mass is 295 g/mol. The highest BCUT2D eigenvalue weighted by atomic mass is 16.5. The van der Waals surface area contributed by atoms with Gasteiger partial charge in [-0.15, -0.1) is 0 Å². The molecule has 1 aliphatic rings. The Morgan fingerprint density at radius 3 is 2.59 bits per heavy atom. The van der Waals surface area contributed by atoms with E-state index in [1.165, 1.54) is 0 Å². The quantitative estimate of drug-likeness (QED) is 0.882. The first-order valence-corrected chi connectivity index (χ1v) is 6.98. The van der Waals surface area contributed by atoms with E-state index in [2.05, 4.69) is 5.32 Å². The van der Waals surface area contributed by atoms with Crippen LogP contribution in [-0.4, -0.2) is 20.1 Å². The van der Waals surface area contributed by atoms with Crippen LogP contribution in [0.5, 0.6) is 11.5 Å². The second-order valence-electron chi connectivity index (χ2n) is 5.17. The molecule has 1 heterocycles. The van der Waals surface area contributed by atoms with Crippen LogP contribution in [0.3, 0.4) is 0 Å². The van der Waals surface area contributed by atoms with Gasteiger partial charge in [-0.25, -0.2) is 0 Å². The van der Waals surface area contributed by atoms with Gasteiger partial charge in [0.25, 0.3) is 5.91 Å². The predicted molar refractivity (Wildman–Crippen MR) is 87.2 cm³/mol. The molecule has 0 aliphatic carbocycles. The normalized spacial score (nSPS) is 14.7. The van der Waals surface area contributed by atoms with Crippen LogP contribution >= 0.6 is 0 Å². The summed E-state index contributed by atoms with van der Waals surface area (Å²) in [5, 5.41) is 2.88. The van der Waals surface area contributed by atoms with Gasteiger partial charge in [-0.3, -0.25) is 4.79 Å². The molecule has 0 saturated carbocycles. The number of hydrogen-bond donors (Lipinski definition) is 1. The third kappa shape index (κ3) is 2.44. The lowest BCUT2D eigenvalue weighted by atomic mass is 10.0. The molecule has 1 aliphatic heterocycles. The Kier molecular flexibility index (Phi) is 3.59. The van der Waals surface area contributed by atoms with E-state index in [0.717, 1.165) is 22.4 Å². The zero-order chi connectivity index (χ0) is 15.7. The summed E-state index contributed by atoms with van der Waals surface area (Å²) in [6.07, 6.45) is 1.85. The molecule has 22 heavy (non-hydrogen) atoms. The van der Waals surface area contributed by atoms with E-state index < -0.39 is 0 Å². The summed E-state index contributed by atoms with van der Waals surface area (Å²) >= 11 is 0. The van der Waals surface area contributed by atoms with Crippen molar-refractivity contribution in [3.05, 3.63) is 53.1 Å². The topological polar surface area (TPSA) is 47.6 Å². The van der Waals surface area contributed by atoms with Crippen molar-refractivity contribution in [3.63, 3.8) is 0 Å². The Bertz CT molecular complexity index is 778. The predicted octanol–water partition coefficient (Wildman–Crippen LogP) is 3.50. The zero-order valence-electron chi connectivity index (χ0n) is 12.8. The molecule has 2 aromatic rings. The maximum Gasteiger partial charge on any atom is 0.256 e. The lowest BCUT2D eigenvalue weighted by molar-refractivity contribution is -0.110. The highest BCUT2D eigenvalue weighted by Crippen LogP contribution is 2.35. The molecular formula is C18H17NO3. The van der Waals surface area contributed by atoms with Crippen LogP contribution in [0.25, 0.3) is 11.6 Å². The number of carbonyl (C=O) groups excluding carboxylic acids is 1. The molecule has 0 unspecified atom stereocenters. The lowest BCUT2D eigenvalue weighted by Gasteiger charge is -2.08. The molecule has 0 saturated heterocycles. The van der Waals surface area contributed by atoms with Crippen LogP contribution in [-0.2, 0) is 4.79 Å². The molecule has 0 aromatic heterocycles. The van der Waals surface area contributed by atoms with E-state index in [9.17, 15) is 4.79 Å². The van der Waals surface area contributed by atoms with Crippen LogP contribution in [0.4, 0.5) is 5.69 Å². The Balaban J connectivity index is 2.10. The largest absolute Gasteiger partial charge is 0.497 e. The van der Waals surface area contributed by atoms with Crippen molar-refractivity contribution < 1.29 is 14.3 Å². The average Bonchev–Trinajstić information content (AvgIpc) is 2.83. The lowest BCUT2D eigenvalue weighted by Crippen LogP contribution is -2.03. The van der Waals surface area contributed by atoms with Crippen LogP contribution < -0.4 is 14.8 Å². The number of nitrogens with one attached hydrogen (secondary N) is 1. The molecule has 2 aromatic carbocycles. The van der Waals surface area contributed by atoms with Crippen molar-refractivity contribution in [3.8, 4) is 11.5 Å². The number of hydrogen-bond acceptors (Lipinski definition) is 3. The highest BCUT2D eigenvalue weighted by molar-refractivity contribution is 6.35. The van der Waals surface area contributed by atoms with Crippen LogP contribution in [0.2, 0.25) is 0 Å². The number of methoxy groups -OCH3 is 2. The van der Waals surface area contributed by atoms with Gasteiger partial charge in [-0.1, -0.05) is 11.6 Å². The third-order valence-electron chi connectivity index (χ3n) is 3.70. The van der Waals surface area contributed by atoms with Crippen LogP contribution in [0.1, 0.15) is 16.7 Å². The number of carbonyl (C=O) groups is 1. The van der Waals surface area contributed by atoms with Gasteiger partial charge in [0.15, 0.2) is 0 Å². The van der Waals surface area contributed by atoms with E-state index in [-0.39, 0.29) is 5.91 Å². The third-order valence-corrected chi connectivity index (χ3v) is 3.70. The SMILES string of the molecule is COc1ccc(/C=C2/C(=O)Nc3ccc(C)cc32)c(OC)c1. The molecule has 0 atom stereocenters. The highest BCUT2D eigenvalue weighted by Gasteiger charge is 2.24. The standard InChI is InChI=1S/C18H17NO3/c1-11-4-7-16-14(8-11)15(18(20)19-16)9-12-5-6-13(21-2)10-17(12)22-3/h4-10H,1-3H3,(H,19,20)/b15-9+. The number of fused-ring (bicyclic) bond motifs is 1. The van der Waals surface area contributed by atoms with Crippen molar-refractivity contribution in [1.29, 1.82) is 0 Å². The molecule has 0 bridgehead atoms. The van der Waals surface area contributed by atoms with E-state index in [0.29, 0.717) is 17.1 Å². The smallest absolute Gasteiger partial charge is 0.256 e. The summed E-state index contributed by atoms with van der Waals surface area (Å²) in [7, 11) is 3.21. The second kappa shape index (κ2) is 5.56. The molecule has 4 heteroatoms. The summed E-state index contributed by atoms with van der Waals surface area (Å²) in [6, 6.07) is 11.4. The summed E-state index contributed by atoms with van der Waals surface area (Å²) in [5.41, 5.74) is 4.35. The number of benzene rings is 2. The fraction of sp³-hybridized carbons (Fsp3) is 0.167. The molecule has 112 valence electrons. The van der Waals surface area contributed by atoms with Gasteiger partial charge < -0.3 is 14.8 Å². The molecule has 0 spiro atoms. The van der Waals surface area contributed by atoms with E-state index in [1.807, 2.05) is 43.3 Å². The Labute approximate surface area is 129 Å². The molecule has 4 nitrogen and oxygen atoms in total. The molecule has 1 N–H and O–H groups in total. The molecular weight excluding hydrogens is 278 g/mol. The fourth-order valence-corrected chi connectivity index (χ4v) is 2.54. The second-order valence-corrected chi connectivity index (χ2v) is 5.17. The van der Waals surface area contributed by atoms with Gasteiger partial charge in [0, 0.05) is 28.5 Å². The van der Waals surface area contributed by atoms with Gasteiger partial charge >= 0.3 is 0 Å². The molecule has 3 rings (SSSR count). The van der Waals surface area contributed by atoms with Crippen molar-refractivity contribution in [2.75, 3.05) is 19.5 Å². The van der Waals surface area contributed by atoms with Crippen molar-refractivity contribution >= 4 is 23.2 Å². The summed E-state index contributed by atoms with van der Waals surface area (Å²) in [6.45, 7) is 2.01. The van der Waals surface area contributed by atoms with E-state index >= 15 is 0 Å². The number of aryl methyl sites for hydroxylation is 1. The Hall–Kier alpha value is -2.75. The van der Waals surface area contributed by atoms with Crippen molar-refractivity contribution in [1.82, 2.24) is 0 Å². The first-order chi connectivity index (χ1) is 10.6. The van der Waals surface area contributed by atoms with Gasteiger partial charge in [0.1, 0.15) is 11.5 Å². The molecule has 0 radical (unpaired) electrons. The van der Waals surface area contributed by atoms with Crippen molar-refractivity contribution in [2.45, 2.75) is 6.92 Å². The maximum atomic E-state index is 12.2. The first kappa shape index (κ1) is 14.2. The fourth-order valence-electron chi connectivity index (χ4n) is 2.54. The van der Waals surface area contributed by atoms with Crippen molar-refractivity contribution in [2.24, 2.45) is 0 Å². The summed E-state index contributed by atoms with van der Waals surface area (Å²) in [5.74, 6) is 1.28. The van der Waals surface area contributed by atoms with E-state index in [4.69, 9.17) is 9.47 Å². The maximum absolute atomic E-state index is 12.2. The minimum Gasteiger partial charge on any atom is -0.497 e. The minimum absolute atomic E-state index is 0.0986. The van der Waals surface area contributed by atoms with Gasteiger partial charge in [0.05, 0.1) is 14.2 Å². The number of amides is 1. The zero-order valence-corrected chi connectivity index (χ0v) is 12.8. The van der Waals surface area contributed by atoms with Crippen LogP contribution in [0.15, 0.2) is 36.4 Å². The average molecular weight is 295 g/mol. The van der Waals surface area contributed by atoms with Gasteiger partial charge in [-0.2, -0.15) is 0 Å². The van der Waals surface area contributed by atoms with Crippen LogP contribution in [0, 0.1) is 6.92 Å². The Morgan fingerprint density at radius 1 is 1.05 bits per heavy atom. The molecule has 1 amide bonds. The number of ether oxygens (including phenoxy) is 2. The number of rotatable bonds is 3. The molecule has 0 fully saturated rings.